The van der Waals surface area contributed by atoms with Gasteiger partial charge in [-0.15, -0.1) is 0 Å². The number of carboxylic acids is 1. The summed E-state index contributed by atoms with van der Waals surface area (Å²) in [6.45, 7) is 2.20. The van der Waals surface area contributed by atoms with E-state index in [1.807, 2.05) is 0 Å². The normalized spacial score (nSPS) is 21.6. The number of nitrogens with zero attached hydrogens (tertiary/aromatic N) is 4. The molecule has 0 bridgehead atoms. The maximum atomic E-state index is 11.5. The zero-order valence-electron chi connectivity index (χ0n) is 11.4. The van der Waals surface area contributed by atoms with Gasteiger partial charge in [0, 0.05) is 18.8 Å². The molecule has 2 unspecified atom stereocenters. The molecule has 1 aromatic heterocycles. The largest absolute Gasteiger partial charge is 0.480 e. The molecule has 1 aliphatic heterocycles. The third-order valence-electron chi connectivity index (χ3n) is 3.63. The first kappa shape index (κ1) is 14.7. The van der Waals surface area contributed by atoms with E-state index in [1.54, 1.807) is 13.0 Å². The summed E-state index contributed by atoms with van der Waals surface area (Å²) < 4.78 is 0. The van der Waals surface area contributed by atoms with Crippen molar-refractivity contribution in [2.45, 2.75) is 25.8 Å². The molecule has 0 aromatic carbocycles. The molecule has 1 saturated heterocycles. The predicted octanol–water partition coefficient (Wildman–Crippen LogP) is 1.55. The predicted molar refractivity (Wildman–Crippen MR) is 72.8 cm³/mol. The number of rotatable bonds is 3. The first-order valence-electron chi connectivity index (χ1n) is 6.49. The molecule has 0 radical (unpaired) electrons. The lowest BCUT2D eigenvalue weighted by Crippen LogP contribution is -2.50. The van der Waals surface area contributed by atoms with Crippen LogP contribution in [-0.4, -0.2) is 33.6 Å². The van der Waals surface area contributed by atoms with Gasteiger partial charge in [0.05, 0.1) is 10.5 Å². The number of aromatic nitrogens is 1. The van der Waals surface area contributed by atoms with Crippen molar-refractivity contribution in [2.24, 2.45) is 5.92 Å². The van der Waals surface area contributed by atoms with Gasteiger partial charge in [-0.25, -0.2) is 9.78 Å². The van der Waals surface area contributed by atoms with Gasteiger partial charge >= 0.3 is 11.7 Å². The van der Waals surface area contributed by atoms with E-state index in [2.05, 4.69) is 4.98 Å². The number of aliphatic carboxylic acids is 1. The zero-order chi connectivity index (χ0) is 15.6. The first-order valence-corrected chi connectivity index (χ1v) is 6.49. The average Bonchev–Trinajstić information content (AvgIpc) is 2.45. The van der Waals surface area contributed by atoms with Crippen LogP contribution < -0.4 is 4.90 Å². The number of nitro groups is 1. The minimum absolute atomic E-state index is 0.0120. The van der Waals surface area contributed by atoms with Crippen LogP contribution in [0.4, 0.5) is 11.5 Å². The van der Waals surface area contributed by atoms with Crippen LogP contribution in [0.15, 0.2) is 12.3 Å². The Kier molecular flexibility index (Phi) is 4.03. The lowest BCUT2D eigenvalue weighted by molar-refractivity contribution is -0.384. The molecule has 1 aromatic rings. The molecule has 1 aliphatic rings. The van der Waals surface area contributed by atoms with Gasteiger partial charge in [-0.05, 0) is 18.8 Å². The molecule has 2 atom stereocenters. The van der Waals surface area contributed by atoms with Crippen molar-refractivity contribution < 1.29 is 14.8 Å². The molecule has 0 spiro atoms. The number of piperidine rings is 1. The maximum Gasteiger partial charge on any atom is 0.326 e. The summed E-state index contributed by atoms with van der Waals surface area (Å²) in [7, 11) is 0. The number of carboxylic acid groups (broad SMARTS) is 1. The molecule has 21 heavy (non-hydrogen) atoms. The molecular weight excluding hydrogens is 276 g/mol. The van der Waals surface area contributed by atoms with E-state index in [4.69, 9.17) is 5.26 Å². The van der Waals surface area contributed by atoms with E-state index in [0.717, 1.165) is 18.9 Å². The second-order valence-corrected chi connectivity index (χ2v) is 5.03. The topological polar surface area (TPSA) is 120 Å². The van der Waals surface area contributed by atoms with Gasteiger partial charge in [-0.1, -0.05) is 6.92 Å². The van der Waals surface area contributed by atoms with Gasteiger partial charge < -0.3 is 10.0 Å². The smallest absolute Gasteiger partial charge is 0.326 e. The Labute approximate surface area is 120 Å². The summed E-state index contributed by atoms with van der Waals surface area (Å²) in [5.41, 5.74) is -0.267. The number of anilines is 1. The SMILES string of the molecule is CC1CCCN(c2ncc(C#N)cc2[N+](=O)[O-])C1C(=O)O. The van der Waals surface area contributed by atoms with Crippen LogP contribution in [0.3, 0.4) is 0 Å². The van der Waals surface area contributed by atoms with E-state index in [0.29, 0.717) is 6.54 Å². The highest BCUT2D eigenvalue weighted by atomic mass is 16.6. The van der Waals surface area contributed by atoms with Crippen molar-refractivity contribution in [3.05, 3.63) is 27.9 Å². The lowest BCUT2D eigenvalue weighted by Gasteiger charge is -2.37. The van der Waals surface area contributed by atoms with Gasteiger partial charge in [-0.2, -0.15) is 5.26 Å². The molecule has 1 fully saturated rings. The fourth-order valence-electron chi connectivity index (χ4n) is 2.66. The molecule has 8 nitrogen and oxygen atoms in total. The van der Waals surface area contributed by atoms with Gasteiger partial charge in [0.1, 0.15) is 12.1 Å². The van der Waals surface area contributed by atoms with Crippen LogP contribution in [0, 0.1) is 27.4 Å². The highest BCUT2D eigenvalue weighted by Crippen LogP contribution is 2.33. The summed E-state index contributed by atoms with van der Waals surface area (Å²) in [5.74, 6) is -1.14. The molecule has 1 N–H and O–H groups in total. The van der Waals surface area contributed by atoms with E-state index in [9.17, 15) is 20.0 Å². The van der Waals surface area contributed by atoms with Crippen molar-refractivity contribution in [3.63, 3.8) is 0 Å². The van der Waals surface area contributed by atoms with Gasteiger partial charge in [0.2, 0.25) is 5.82 Å². The molecule has 0 amide bonds. The Morgan fingerprint density at radius 1 is 1.67 bits per heavy atom. The fourth-order valence-corrected chi connectivity index (χ4v) is 2.66. The highest BCUT2D eigenvalue weighted by Gasteiger charge is 2.38. The molecule has 0 saturated carbocycles. The van der Waals surface area contributed by atoms with Crippen LogP contribution >= 0.6 is 0 Å². The first-order chi connectivity index (χ1) is 9.95. The Morgan fingerprint density at radius 3 is 2.95 bits per heavy atom. The van der Waals surface area contributed by atoms with Crippen LogP contribution in [0.5, 0.6) is 0 Å². The number of hydrogen-bond donors (Lipinski definition) is 1. The number of hydrogen-bond acceptors (Lipinski definition) is 6. The van der Waals surface area contributed by atoms with Crippen molar-refractivity contribution in [2.75, 3.05) is 11.4 Å². The van der Waals surface area contributed by atoms with Crippen LogP contribution in [-0.2, 0) is 4.79 Å². The lowest BCUT2D eigenvalue weighted by atomic mass is 9.90. The Balaban J connectivity index is 2.51. The number of nitriles is 1. The van der Waals surface area contributed by atoms with Gasteiger partial charge in [0.15, 0.2) is 0 Å². The van der Waals surface area contributed by atoms with Crippen LogP contribution in [0.1, 0.15) is 25.3 Å². The monoisotopic (exact) mass is 290 g/mol. The third-order valence-corrected chi connectivity index (χ3v) is 3.63. The summed E-state index contributed by atoms with van der Waals surface area (Å²) >= 11 is 0. The van der Waals surface area contributed by atoms with Crippen LogP contribution in [0.25, 0.3) is 0 Å². The molecule has 2 rings (SSSR count). The molecule has 8 heteroatoms. The van der Waals surface area contributed by atoms with Crippen molar-refractivity contribution in [1.29, 1.82) is 5.26 Å². The minimum Gasteiger partial charge on any atom is -0.480 e. The summed E-state index contributed by atoms with van der Waals surface area (Å²) in [6.07, 6.45) is 2.71. The van der Waals surface area contributed by atoms with Gasteiger partial charge in [-0.3, -0.25) is 10.1 Å². The number of carbonyl (C=O) groups is 1. The Hall–Kier alpha value is -2.69. The van der Waals surface area contributed by atoms with Crippen molar-refractivity contribution in [1.82, 2.24) is 4.98 Å². The molecule has 110 valence electrons. The fraction of sp³-hybridized carbons (Fsp3) is 0.462. The van der Waals surface area contributed by atoms with E-state index in [1.165, 1.54) is 11.1 Å². The zero-order valence-corrected chi connectivity index (χ0v) is 11.4. The minimum atomic E-state index is -1.03. The van der Waals surface area contributed by atoms with E-state index < -0.39 is 16.9 Å². The van der Waals surface area contributed by atoms with Gasteiger partial charge in [0.25, 0.3) is 0 Å². The van der Waals surface area contributed by atoms with E-state index >= 15 is 0 Å². The van der Waals surface area contributed by atoms with Crippen molar-refractivity contribution >= 4 is 17.5 Å². The second-order valence-electron chi connectivity index (χ2n) is 5.03. The Morgan fingerprint density at radius 2 is 2.38 bits per heavy atom. The quantitative estimate of drug-likeness (QED) is 0.662. The second kappa shape index (κ2) is 5.75. The average molecular weight is 290 g/mol. The molecule has 2 heterocycles. The third kappa shape index (κ3) is 2.76. The summed E-state index contributed by atoms with van der Waals surface area (Å²) in [4.78, 5) is 27.4. The highest BCUT2D eigenvalue weighted by molar-refractivity contribution is 5.80. The maximum absolute atomic E-state index is 11.5. The number of pyridine rings is 1. The Bertz CT molecular complexity index is 625. The molecule has 0 aliphatic carbocycles. The summed E-state index contributed by atoms with van der Waals surface area (Å²) in [6, 6.07) is 2.07. The standard InChI is InChI=1S/C13H14N4O4/c1-8-3-2-4-16(11(8)13(18)19)12-10(17(20)21)5-9(6-14)7-15-12/h5,7-8,11H,2-4H2,1H3,(H,18,19). The summed E-state index contributed by atoms with van der Waals surface area (Å²) in [5, 5.41) is 29.4. The van der Waals surface area contributed by atoms with Crippen molar-refractivity contribution in [3.8, 4) is 6.07 Å². The molecular formula is C13H14N4O4. The van der Waals surface area contributed by atoms with Crippen LogP contribution in [0.2, 0.25) is 0 Å². The van der Waals surface area contributed by atoms with E-state index in [-0.39, 0.29) is 23.0 Å².